The van der Waals surface area contributed by atoms with Crippen LogP contribution in [0.25, 0.3) is 5.65 Å². The highest BCUT2D eigenvalue weighted by Crippen LogP contribution is 2.20. The zero-order chi connectivity index (χ0) is 18.0. The van der Waals surface area contributed by atoms with E-state index >= 15 is 0 Å². The molecule has 0 aliphatic heterocycles. The number of fused-ring (bicyclic) bond motifs is 1. The van der Waals surface area contributed by atoms with E-state index in [2.05, 4.69) is 4.98 Å². The number of halogens is 1. The highest BCUT2D eigenvalue weighted by atomic mass is 19.1. The van der Waals surface area contributed by atoms with E-state index in [0.29, 0.717) is 11.3 Å². The number of carbonyl (C=O) groups is 1. The fourth-order valence-corrected chi connectivity index (χ4v) is 2.39. The number of esters is 1. The van der Waals surface area contributed by atoms with Crippen LogP contribution in [0.2, 0.25) is 0 Å². The van der Waals surface area contributed by atoms with Gasteiger partial charge < -0.3 is 9.47 Å². The smallest absolute Gasteiger partial charge is 0.342 e. The van der Waals surface area contributed by atoms with Crippen LogP contribution in [-0.2, 0) is 11.3 Å². The summed E-state index contributed by atoms with van der Waals surface area (Å²) >= 11 is 0. The van der Waals surface area contributed by atoms with Crippen LogP contribution < -0.4 is 10.3 Å². The number of methoxy groups -OCH3 is 1. The van der Waals surface area contributed by atoms with E-state index in [1.807, 2.05) is 13.0 Å². The molecule has 0 bridgehead atoms. The number of hydrogen-bond acceptors (Lipinski definition) is 5. The molecule has 2 heterocycles. The Morgan fingerprint density at radius 1 is 1.24 bits per heavy atom. The Kier molecular flexibility index (Phi) is 4.47. The van der Waals surface area contributed by atoms with Crippen molar-refractivity contribution in [2.75, 3.05) is 7.11 Å². The number of benzene rings is 1. The Hall–Kier alpha value is -3.22. The van der Waals surface area contributed by atoms with Crippen LogP contribution in [0.1, 0.15) is 21.6 Å². The van der Waals surface area contributed by atoms with Gasteiger partial charge in [0.15, 0.2) is 0 Å². The van der Waals surface area contributed by atoms with Crippen molar-refractivity contribution in [1.82, 2.24) is 9.38 Å². The third kappa shape index (κ3) is 3.50. The van der Waals surface area contributed by atoms with Gasteiger partial charge in [0.2, 0.25) is 0 Å². The number of rotatable bonds is 4. The lowest BCUT2D eigenvalue weighted by molar-refractivity contribution is 0.0463. The second-order valence-corrected chi connectivity index (χ2v) is 5.44. The zero-order valence-corrected chi connectivity index (χ0v) is 13.7. The van der Waals surface area contributed by atoms with Crippen molar-refractivity contribution in [2.24, 2.45) is 0 Å². The van der Waals surface area contributed by atoms with Gasteiger partial charge in [0.05, 0.1) is 12.8 Å². The molecule has 0 aliphatic carbocycles. The van der Waals surface area contributed by atoms with Gasteiger partial charge in [-0.2, -0.15) is 0 Å². The second kappa shape index (κ2) is 6.72. The third-order valence-corrected chi connectivity index (χ3v) is 3.59. The van der Waals surface area contributed by atoms with Crippen LogP contribution in [0.4, 0.5) is 4.39 Å². The molecular weight excluding hydrogens is 327 g/mol. The maximum Gasteiger partial charge on any atom is 0.342 e. The first kappa shape index (κ1) is 16.6. The first-order valence-corrected chi connectivity index (χ1v) is 7.47. The normalized spacial score (nSPS) is 10.7. The summed E-state index contributed by atoms with van der Waals surface area (Å²) in [5.74, 6) is -1.14. The average Bonchev–Trinajstić information content (AvgIpc) is 2.60. The van der Waals surface area contributed by atoms with Crippen molar-refractivity contribution in [2.45, 2.75) is 13.5 Å². The molecule has 0 N–H and O–H groups in total. The van der Waals surface area contributed by atoms with Gasteiger partial charge in [-0.3, -0.25) is 9.20 Å². The van der Waals surface area contributed by atoms with E-state index < -0.39 is 11.8 Å². The highest BCUT2D eigenvalue weighted by Gasteiger charge is 2.15. The van der Waals surface area contributed by atoms with E-state index in [1.54, 1.807) is 12.3 Å². The molecule has 6 nitrogen and oxygen atoms in total. The average molecular weight is 342 g/mol. The molecule has 0 spiro atoms. The molecule has 0 amide bonds. The summed E-state index contributed by atoms with van der Waals surface area (Å²) in [6.45, 7) is 1.66. The van der Waals surface area contributed by atoms with Crippen LogP contribution in [-0.4, -0.2) is 22.5 Å². The monoisotopic (exact) mass is 342 g/mol. The maximum atomic E-state index is 13.3. The maximum absolute atomic E-state index is 13.3. The molecule has 0 saturated heterocycles. The lowest BCUT2D eigenvalue weighted by Gasteiger charge is -2.09. The highest BCUT2D eigenvalue weighted by molar-refractivity contribution is 5.92. The number of nitrogens with zero attached hydrogens (tertiary/aromatic N) is 2. The van der Waals surface area contributed by atoms with Crippen molar-refractivity contribution in [1.29, 1.82) is 0 Å². The molecule has 25 heavy (non-hydrogen) atoms. The fourth-order valence-electron chi connectivity index (χ4n) is 2.39. The number of aryl methyl sites for hydroxylation is 1. The van der Waals surface area contributed by atoms with Gasteiger partial charge in [0.1, 0.15) is 29.4 Å². The molecule has 3 rings (SSSR count). The molecule has 1 aromatic carbocycles. The topological polar surface area (TPSA) is 69.9 Å². The van der Waals surface area contributed by atoms with E-state index in [1.165, 1.54) is 29.7 Å². The quantitative estimate of drug-likeness (QED) is 0.682. The molecular formula is C18H15FN2O4. The van der Waals surface area contributed by atoms with E-state index in [-0.39, 0.29) is 23.5 Å². The van der Waals surface area contributed by atoms with Crippen molar-refractivity contribution >= 4 is 11.6 Å². The minimum atomic E-state index is -0.762. The first-order chi connectivity index (χ1) is 12.0. The summed E-state index contributed by atoms with van der Waals surface area (Å²) < 4.78 is 24.9. The van der Waals surface area contributed by atoms with Gasteiger partial charge >= 0.3 is 5.97 Å². The zero-order valence-electron chi connectivity index (χ0n) is 13.7. The van der Waals surface area contributed by atoms with Gasteiger partial charge in [-0.05, 0) is 36.8 Å². The first-order valence-electron chi connectivity index (χ1n) is 7.47. The number of carbonyl (C=O) groups excluding carboxylic acids is 1. The minimum Gasteiger partial charge on any atom is -0.496 e. The largest absolute Gasteiger partial charge is 0.496 e. The van der Waals surface area contributed by atoms with Crippen LogP contribution in [0.15, 0.2) is 47.4 Å². The van der Waals surface area contributed by atoms with Gasteiger partial charge in [-0.15, -0.1) is 0 Å². The number of ether oxygens (including phenoxy) is 2. The lowest BCUT2D eigenvalue weighted by Crippen LogP contribution is -2.17. The summed E-state index contributed by atoms with van der Waals surface area (Å²) in [6, 6.07) is 8.39. The summed E-state index contributed by atoms with van der Waals surface area (Å²) in [5, 5.41) is 0. The van der Waals surface area contributed by atoms with Crippen molar-refractivity contribution in [3.63, 3.8) is 0 Å². The molecule has 0 unspecified atom stereocenters. The summed E-state index contributed by atoms with van der Waals surface area (Å²) in [5.41, 5.74) is 1.37. The van der Waals surface area contributed by atoms with Crippen LogP contribution in [0.3, 0.4) is 0 Å². The Bertz CT molecular complexity index is 1010. The van der Waals surface area contributed by atoms with Crippen molar-refractivity contribution in [3.8, 4) is 5.75 Å². The fraction of sp³-hybridized carbons (Fsp3) is 0.167. The van der Waals surface area contributed by atoms with Crippen LogP contribution in [0.5, 0.6) is 5.75 Å². The molecule has 2 aromatic heterocycles. The second-order valence-electron chi connectivity index (χ2n) is 5.44. The molecule has 0 saturated carbocycles. The predicted molar refractivity (Wildman–Crippen MR) is 88.3 cm³/mol. The molecule has 0 radical (unpaired) electrons. The molecule has 7 heteroatoms. The van der Waals surface area contributed by atoms with E-state index in [9.17, 15) is 14.0 Å². The third-order valence-electron chi connectivity index (χ3n) is 3.59. The van der Waals surface area contributed by atoms with Gasteiger partial charge in [-0.1, -0.05) is 6.07 Å². The summed E-state index contributed by atoms with van der Waals surface area (Å²) in [4.78, 5) is 28.6. The molecule has 128 valence electrons. The van der Waals surface area contributed by atoms with Crippen LogP contribution >= 0.6 is 0 Å². The summed E-state index contributed by atoms with van der Waals surface area (Å²) in [6.07, 6.45) is 1.68. The molecule has 0 atom stereocenters. The van der Waals surface area contributed by atoms with Crippen molar-refractivity contribution in [3.05, 3.63) is 75.6 Å². The van der Waals surface area contributed by atoms with Crippen LogP contribution in [0, 0.1) is 12.7 Å². The number of pyridine rings is 1. The molecule has 0 aliphatic rings. The minimum absolute atomic E-state index is 0.0318. The number of aromatic nitrogens is 2. The van der Waals surface area contributed by atoms with Gasteiger partial charge in [0.25, 0.3) is 5.56 Å². The Balaban J connectivity index is 1.83. The van der Waals surface area contributed by atoms with Crippen molar-refractivity contribution < 1.29 is 18.7 Å². The SMILES string of the molecule is COc1ccc(F)cc1C(=O)OCc1cc(=O)n2cc(C)ccc2n1. The van der Waals surface area contributed by atoms with E-state index in [0.717, 1.165) is 11.6 Å². The van der Waals surface area contributed by atoms with Gasteiger partial charge in [-0.25, -0.2) is 14.2 Å². The summed E-state index contributed by atoms with van der Waals surface area (Å²) in [7, 11) is 1.37. The van der Waals surface area contributed by atoms with E-state index in [4.69, 9.17) is 9.47 Å². The Morgan fingerprint density at radius 2 is 2.04 bits per heavy atom. The molecule has 0 fully saturated rings. The molecule has 3 aromatic rings. The van der Waals surface area contributed by atoms with Gasteiger partial charge in [0, 0.05) is 12.3 Å². The Labute approximate surface area is 142 Å². The predicted octanol–water partition coefficient (Wildman–Crippen LogP) is 2.51. The standard InChI is InChI=1S/C18H15FN2O4/c1-11-3-6-16-20-13(8-17(22)21(16)9-11)10-25-18(23)14-7-12(19)4-5-15(14)24-2/h3-9H,10H2,1-2H3. The number of hydrogen-bond donors (Lipinski definition) is 0. The lowest BCUT2D eigenvalue weighted by atomic mass is 10.2. The Morgan fingerprint density at radius 3 is 2.80 bits per heavy atom.